The standard InChI is InChI=1S/C4H8N2.2C2H6/c1-4-2-5-6-3-4;2*1-2/h2,5-6H,3H2,1H3;2*1-2H3. The van der Waals surface area contributed by atoms with Gasteiger partial charge in [0.15, 0.2) is 0 Å². The van der Waals surface area contributed by atoms with Gasteiger partial charge in [-0.3, -0.25) is 0 Å². The van der Waals surface area contributed by atoms with Crippen molar-refractivity contribution in [1.29, 1.82) is 0 Å². The molecule has 0 aromatic rings. The van der Waals surface area contributed by atoms with Crippen LogP contribution in [0.2, 0.25) is 0 Å². The van der Waals surface area contributed by atoms with E-state index in [1.165, 1.54) is 5.57 Å². The van der Waals surface area contributed by atoms with Crippen LogP contribution in [0.4, 0.5) is 0 Å². The molecule has 0 radical (unpaired) electrons. The van der Waals surface area contributed by atoms with Gasteiger partial charge in [0.25, 0.3) is 0 Å². The second-order valence-electron chi connectivity index (χ2n) is 1.49. The van der Waals surface area contributed by atoms with Gasteiger partial charge in [0.2, 0.25) is 0 Å². The fourth-order valence-electron chi connectivity index (χ4n) is 0.416. The Hall–Kier alpha value is -0.500. The molecule has 0 aromatic carbocycles. The van der Waals surface area contributed by atoms with E-state index in [9.17, 15) is 0 Å². The minimum atomic E-state index is 0.986. The second-order valence-corrected chi connectivity index (χ2v) is 1.49. The van der Waals surface area contributed by atoms with Gasteiger partial charge in [0.05, 0.1) is 0 Å². The molecule has 0 aliphatic carbocycles. The third kappa shape index (κ3) is 7.50. The van der Waals surface area contributed by atoms with Crippen LogP contribution in [0, 0.1) is 0 Å². The SMILES string of the molecule is CC.CC.CC1=CNNC1. The maximum Gasteiger partial charge on any atom is 0.0372 e. The van der Waals surface area contributed by atoms with E-state index in [2.05, 4.69) is 17.8 Å². The molecule has 0 spiro atoms. The fraction of sp³-hybridized carbons (Fsp3) is 0.750. The molecule has 1 aliphatic heterocycles. The van der Waals surface area contributed by atoms with Crippen LogP contribution in [0.1, 0.15) is 34.6 Å². The van der Waals surface area contributed by atoms with Crippen molar-refractivity contribution in [2.75, 3.05) is 6.54 Å². The maximum atomic E-state index is 2.93. The van der Waals surface area contributed by atoms with Crippen molar-refractivity contribution in [1.82, 2.24) is 10.9 Å². The van der Waals surface area contributed by atoms with Gasteiger partial charge in [-0.25, -0.2) is 5.43 Å². The molecule has 1 aliphatic rings. The third-order valence-electron chi connectivity index (χ3n) is 0.788. The van der Waals surface area contributed by atoms with Gasteiger partial charge < -0.3 is 5.43 Å². The summed E-state index contributed by atoms with van der Waals surface area (Å²) < 4.78 is 0. The monoisotopic (exact) mass is 144 g/mol. The molecule has 0 amide bonds. The van der Waals surface area contributed by atoms with Crippen LogP contribution in [0.3, 0.4) is 0 Å². The van der Waals surface area contributed by atoms with Crippen LogP contribution in [-0.2, 0) is 0 Å². The van der Waals surface area contributed by atoms with E-state index in [4.69, 9.17) is 0 Å². The average Bonchev–Trinajstić information content (AvgIpc) is 2.48. The lowest BCUT2D eigenvalue weighted by atomic mass is 10.4. The van der Waals surface area contributed by atoms with E-state index in [-0.39, 0.29) is 0 Å². The molecule has 1 rings (SSSR count). The summed E-state index contributed by atoms with van der Waals surface area (Å²) in [4.78, 5) is 0. The molecule has 2 heteroatoms. The van der Waals surface area contributed by atoms with Crippen LogP contribution in [0.5, 0.6) is 0 Å². The molecule has 62 valence electrons. The van der Waals surface area contributed by atoms with Crippen molar-refractivity contribution in [2.24, 2.45) is 0 Å². The molecule has 10 heavy (non-hydrogen) atoms. The zero-order valence-electron chi connectivity index (χ0n) is 7.78. The summed E-state index contributed by atoms with van der Waals surface area (Å²) in [5.41, 5.74) is 7.15. The Balaban J connectivity index is 0. The maximum absolute atomic E-state index is 2.93. The highest BCUT2D eigenvalue weighted by atomic mass is 15.4. The highest BCUT2D eigenvalue weighted by Gasteiger charge is 1.91. The van der Waals surface area contributed by atoms with Crippen molar-refractivity contribution in [3.05, 3.63) is 11.8 Å². The molecule has 2 nitrogen and oxygen atoms in total. The van der Waals surface area contributed by atoms with Crippen LogP contribution in [0.25, 0.3) is 0 Å². The summed E-state index contributed by atoms with van der Waals surface area (Å²) in [5, 5.41) is 0. The molecule has 0 saturated heterocycles. The van der Waals surface area contributed by atoms with Crippen molar-refractivity contribution in [3.63, 3.8) is 0 Å². The van der Waals surface area contributed by atoms with E-state index >= 15 is 0 Å². The third-order valence-corrected chi connectivity index (χ3v) is 0.788. The summed E-state index contributed by atoms with van der Waals surface area (Å²) >= 11 is 0. The highest BCUT2D eigenvalue weighted by molar-refractivity contribution is 5.02. The van der Waals surface area contributed by atoms with Crippen LogP contribution in [-0.4, -0.2) is 6.54 Å². The summed E-state index contributed by atoms with van der Waals surface area (Å²) in [6.45, 7) is 11.1. The molecule has 0 aromatic heterocycles. The van der Waals surface area contributed by atoms with E-state index in [0.717, 1.165) is 6.54 Å². The Labute approximate surface area is 64.7 Å². The molecule has 2 N–H and O–H groups in total. The summed E-state index contributed by atoms with van der Waals surface area (Å²) in [6.07, 6.45) is 1.96. The summed E-state index contributed by atoms with van der Waals surface area (Å²) in [7, 11) is 0. The number of hydrogen-bond acceptors (Lipinski definition) is 2. The zero-order chi connectivity index (χ0) is 8.41. The van der Waals surface area contributed by atoms with E-state index < -0.39 is 0 Å². The molecule has 0 bridgehead atoms. The molecule has 0 fully saturated rings. The fourth-order valence-corrected chi connectivity index (χ4v) is 0.416. The lowest BCUT2D eigenvalue weighted by Gasteiger charge is -1.85. The highest BCUT2D eigenvalue weighted by Crippen LogP contribution is 1.88. The van der Waals surface area contributed by atoms with Gasteiger partial charge >= 0.3 is 0 Å². The molecule has 1 heterocycles. The Morgan fingerprint density at radius 2 is 1.70 bits per heavy atom. The Morgan fingerprint density at radius 1 is 1.20 bits per heavy atom. The van der Waals surface area contributed by atoms with Crippen molar-refractivity contribution < 1.29 is 0 Å². The Morgan fingerprint density at radius 3 is 1.80 bits per heavy atom. The molecular formula is C8H20N2. The minimum Gasteiger partial charge on any atom is -0.328 e. The van der Waals surface area contributed by atoms with Crippen LogP contribution < -0.4 is 10.9 Å². The van der Waals surface area contributed by atoms with Gasteiger partial charge in [-0.15, -0.1) is 0 Å². The van der Waals surface area contributed by atoms with Crippen molar-refractivity contribution in [3.8, 4) is 0 Å². The lowest BCUT2D eigenvalue weighted by molar-refractivity contribution is 0.722. The van der Waals surface area contributed by atoms with E-state index in [0.29, 0.717) is 0 Å². The number of rotatable bonds is 0. The first-order valence-electron chi connectivity index (χ1n) is 4.03. The van der Waals surface area contributed by atoms with Crippen molar-refractivity contribution in [2.45, 2.75) is 34.6 Å². The normalized spacial score (nSPS) is 13.1. The van der Waals surface area contributed by atoms with E-state index in [1.54, 1.807) is 0 Å². The zero-order valence-corrected chi connectivity index (χ0v) is 7.78. The quantitative estimate of drug-likeness (QED) is 0.543. The van der Waals surface area contributed by atoms with Gasteiger partial charge in [0, 0.05) is 12.7 Å². The first-order valence-corrected chi connectivity index (χ1v) is 4.03. The van der Waals surface area contributed by atoms with Gasteiger partial charge in [-0.2, -0.15) is 0 Å². The molecule has 0 unspecified atom stereocenters. The van der Waals surface area contributed by atoms with E-state index in [1.807, 2.05) is 33.9 Å². The topological polar surface area (TPSA) is 24.1 Å². The number of nitrogens with one attached hydrogen (secondary N) is 2. The van der Waals surface area contributed by atoms with Gasteiger partial charge in [0.1, 0.15) is 0 Å². The summed E-state index contributed by atoms with van der Waals surface area (Å²) in [6, 6.07) is 0. The predicted molar refractivity (Wildman–Crippen MR) is 47.6 cm³/mol. The Bertz CT molecular complexity index is 77.3. The second kappa shape index (κ2) is 11.3. The number of hydrazine groups is 1. The minimum absolute atomic E-state index is 0.986. The van der Waals surface area contributed by atoms with Gasteiger partial charge in [-0.05, 0) is 12.5 Å². The van der Waals surface area contributed by atoms with Gasteiger partial charge in [-0.1, -0.05) is 27.7 Å². The van der Waals surface area contributed by atoms with Crippen LogP contribution in [0.15, 0.2) is 11.8 Å². The lowest BCUT2D eigenvalue weighted by Crippen LogP contribution is -2.20. The Kier molecular flexibility index (Phi) is 13.8. The summed E-state index contributed by atoms with van der Waals surface area (Å²) in [5.74, 6) is 0. The van der Waals surface area contributed by atoms with Crippen molar-refractivity contribution >= 4 is 0 Å². The predicted octanol–water partition coefficient (Wildman–Crippen LogP) is 2.05. The largest absolute Gasteiger partial charge is 0.328 e. The smallest absolute Gasteiger partial charge is 0.0372 e. The number of hydrogen-bond donors (Lipinski definition) is 2. The molecular weight excluding hydrogens is 124 g/mol. The molecule has 0 atom stereocenters. The first-order chi connectivity index (χ1) is 4.89. The average molecular weight is 144 g/mol. The molecule has 0 saturated carbocycles. The first kappa shape index (κ1) is 12.2. The van der Waals surface area contributed by atoms with Crippen LogP contribution >= 0.6 is 0 Å².